The summed E-state index contributed by atoms with van der Waals surface area (Å²) in [5.41, 5.74) is 2.79. The van der Waals surface area contributed by atoms with Crippen molar-refractivity contribution in [3.05, 3.63) is 92.8 Å². The highest BCUT2D eigenvalue weighted by atomic mass is 79.9. The quantitative estimate of drug-likeness (QED) is 0.224. The van der Waals surface area contributed by atoms with Crippen molar-refractivity contribution in [2.75, 3.05) is 20.3 Å². The third-order valence-electron chi connectivity index (χ3n) is 5.24. The Morgan fingerprint density at radius 2 is 1.63 bits per heavy atom. The summed E-state index contributed by atoms with van der Waals surface area (Å²) in [6.07, 6.45) is 1.69. The average Bonchev–Trinajstić information content (AvgIpc) is 3.12. The predicted molar refractivity (Wildman–Crippen MR) is 141 cm³/mol. The number of hydrogen-bond donors (Lipinski definition) is 0. The van der Waals surface area contributed by atoms with Crippen molar-refractivity contribution in [2.45, 2.75) is 13.5 Å². The predicted octanol–water partition coefficient (Wildman–Crippen LogP) is 6.46. The van der Waals surface area contributed by atoms with Crippen molar-refractivity contribution in [3.63, 3.8) is 0 Å². The number of halogens is 1. The van der Waals surface area contributed by atoms with Crippen molar-refractivity contribution in [2.24, 2.45) is 0 Å². The highest BCUT2D eigenvalue weighted by molar-refractivity contribution is 9.10. The summed E-state index contributed by atoms with van der Waals surface area (Å²) in [5, 5.41) is -0.287. The molecule has 0 unspecified atom stereocenters. The minimum atomic E-state index is -0.310. The van der Waals surface area contributed by atoms with Gasteiger partial charge in [-0.15, -0.1) is 0 Å². The normalized spacial score (nSPS) is 14.5. The summed E-state index contributed by atoms with van der Waals surface area (Å²) < 4.78 is 17.9. The number of benzene rings is 3. The van der Waals surface area contributed by atoms with Crippen LogP contribution in [-0.2, 0) is 11.3 Å². The summed E-state index contributed by atoms with van der Waals surface area (Å²) in [7, 11) is 1.56. The molecule has 1 aliphatic rings. The van der Waals surface area contributed by atoms with E-state index in [4.69, 9.17) is 14.2 Å². The first-order chi connectivity index (χ1) is 16.9. The lowest BCUT2D eigenvalue weighted by Crippen LogP contribution is -2.27. The molecule has 3 aromatic carbocycles. The summed E-state index contributed by atoms with van der Waals surface area (Å²) in [6, 6.07) is 20.7. The van der Waals surface area contributed by atoms with E-state index in [1.165, 1.54) is 10.5 Å². The average molecular weight is 554 g/mol. The van der Waals surface area contributed by atoms with Crippen LogP contribution in [-0.4, -0.2) is 36.4 Å². The Labute approximate surface area is 217 Å². The molecule has 180 valence electrons. The number of thioether (sulfide) groups is 1. The van der Waals surface area contributed by atoms with Crippen LogP contribution in [0.25, 0.3) is 6.08 Å². The maximum absolute atomic E-state index is 12.9. The second-order valence-electron chi connectivity index (χ2n) is 7.81. The van der Waals surface area contributed by atoms with Gasteiger partial charge >= 0.3 is 0 Å². The second-order valence-corrected chi connectivity index (χ2v) is 9.72. The number of rotatable bonds is 9. The molecule has 0 atom stereocenters. The van der Waals surface area contributed by atoms with Crippen molar-refractivity contribution in [3.8, 4) is 17.2 Å². The maximum atomic E-state index is 12.9. The fraction of sp³-hybridized carbons (Fsp3) is 0.185. The lowest BCUT2D eigenvalue weighted by atomic mass is 10.1. The Morgan fingerprint density at radius 1 is 0.914 bits per heavy atom. The molecule has 3 aromatic rings. The van der Waals surface area contributed by atoms with Gasteiger partial charge in [-0.05, 0) is 72.3 Å². The zero-order valence-corrected chi connectivity index (χ0v) is 21.7. The van der Waals surface area contributed by atoms with E-state index in [-0.39, 0.29) is 17.7 Å². The van der Waals surface area contributed by atoms with E-state index in [1.807, 2.05) is 61.5 Å². The minimum Gasteiger partial charge on any atom is -0.493 e. The van der Waals surface area contributed by atoms with Gasteiger partial charge in [0.25, 0.3) is 11.1 Å². The molecule has 0 saturated carbocycles. The number of methoxy groups -OCH3 is 1. The maximum Gasteiger partial charge on any atom is 0.293 e. The van der Waals surface area contributed by atoms with Gasteiger partial charge in [0.05, 0.1) is 18.6 Å². The molecule has 0 bridgehead atoms. The monoisotopic (exact) mass is 553 g/mol. The number of amides is 2. The molecule has 35 heavy (non-hydrogen) atoms. The summed E-state index contributed by atoms with van der Waals surface area (Å²) in [4.78, 5) is 26.9. The Kier molecular flexibility index (Phi) is 8.15. The lowest BCUT2D eigenvalue weighted by molar-refractivity contribution is -0.123. The molecule has 0 aromatic heterocycles. The molecule has 0 spiro atoms. The fourth-order valence-electron chi connectivity index (χ4n) is 3.40. The Bertz CT molecular complexity index is 1240. The lowest BCUT2D eigenvalue weighted by Gasteiger charge is -2.13. The first-order valence-electron chi connectivity index (χ1n) is 10.9. The van der Waals surface area contributed by atoms with Crippen LogP contribution in [0.2, 0.25) is 0 Å². The number of carbonyl (C=O) groups is 2. The zero-order valence-electron chi connectivity index (χ0n) is 19.3. The van der Waals surface area contributed by atoms with Gasteiger partial charge < -0.3 is 14.2 Å². The molecule has 0 N–H and O–H groups in total. The summed E-state index contributed by atoms with van der Waals surface area (Å²) in [5.74, 6) is 1.58. The molecule has 1 fully saturated rings. The van der Waals surface area contributed by atoms with E-state index >= 15 is 0 Å². The second kappa shape index (κ2) is 11.5. The molecule has 0 radical (unpaired) electrons. The largest absolute Gasteiger partial charge is 0.493 e. The Morgan fingerprint density at radius 3 is 2.34 bits per heavy atom. The first kappa shape index (κ1) is 24.9. The molecule has 4 rings (SSSR count). The first-order valence-corrected chi connectivity index (χ1v) is 12.5. The van der Waals surface area contributed by atoms with Gasteiger partial charge in [0.15, 0.2) is 11.5 Å². The molecular weight excluding hydrogens is 530 g/mol. The minimum absolute atomic E-state index is 0.232. The van der Waals surface area contributed by atoms with Gasteiger partial charge in [0.1, 0.15) is 19.0 Å². The van der Waals surface area contributed by atoms with Crippen LogP contribution >= 0.6 is 27.7 Å². The SMILES string of the molecule is COc1cc(/C=C2\SC(=O)N(Cc3ccc(Br)cc3)C2=O)ccc1OCCOc1ccc(C)cc1. The van der Waals surface area contributed by atoms with Crippen molar-refractivity contribution in [1.82, 2.24) is 4.90 Å². The smallest absolute Gasteiger partial charge is 0.293 e. The van der Waals surface area contributed by atoms with E-state index < -0.39 is 0 Å². The van der Waals surface area contributed by atoms with Crippen LogP contribution in [0.3, 0.4) is 0 Å². The molecule has 1 heterocycles. The molecule has 8 heteroatoms. The third kappa shape index (κ3) is 6.46. The van der Waals surface area contributed by atoms with Gasteiger partial charge in [-0.25, -0.2) is 0 Å². The van der Waals surface area contributed by atoms with Crippen LogP contribution in [0.1, 0.15) is 16.7 Å². The number of ether oxygens (including phenoxy) is 3. The number of nitrogens with zero attached hydrogens (tertiary/aromatic N) is 1. The summed E-state index contributed by atoms with van der Waals surface area (Å²) >= 11 is 4.32. The topological polar surface area (TPSA) is 65.1 Å². The van der Waals surface area contributed by atoms with E-state index in [1.54, 1.807) is 25.3 Å². The molecular formula is C27H24BrNO5S. The molecule has 1 saturated heterocycles. The van der Waals surface area contributed by atoms with E-state index in [0.717, 1.165) is 33.1 Å². The summed E-state index contributed by atoms with van der Waals surface area (Å²) in [6.45, 7) is 2.99. The van der Waals surface area contributed by atoms with Crippen LogP contribution in [0.4, 0.5) is 4.79 Å². The van der Waals surface area contributed by atoms with Gasteiger partial charge in [0, 0.05) is 4.47 Å². The van der Waals surface area contributed by atoms with Crippen LogP contribution in [0.5, 0.6) is 17.2 Å². The fourth-order valence-corrected chi connectivity index (χ4v) is 4.50. The number of imide groups is 1. The van der Waals surface area contributed by atoms with Crippen molar-refractivity contribution >= 4 is 44.9 Å². The van der Waals surface area contributed by atoms with Gasteiger partial charge in [-0.1, -0.05) is 51.8 Å². The van der Waals surface area contributed by atoms with Gasteiger partial charge in [-0.2, -0.15) is 0 Å². The number of hydrogen-bond acceptors (Lipinski definition) is 6. The van der Waals surface area contributed by atoms with E-state index in [0.29, 0.717) is 29.6 Å². The van der Waals surface area contributed by atoms with E-state index in [9.17, 15) is 9.59 Å². The number of aryl methyl sites for hydroxylation is 1. The molecule has 0 aliphatic carbocycles. The van der Waals surface area contributed by atoms with Crippen molar-refractivity contribution in [1.29, 1.82) is 0 Å². The Balaban J connectivity index is 1.38. The van der Waals surface area contributed by atoms with Crippen LogP contribution < -0.4 is 14.2 Å². The van der Waals surface area contributed by atoms with Gasteiger partial charge in [0.2, 0.25) is 0 Å². The van der Waals surface area contributed by atoms with E-state index in [2.05, 4.69) is 15.9 Å². The van der Waals surface area contributed by atoms with Crippen LogP contribution in [0, 0.1) is 6.92 Å². The van der Waals surface area contributed by atoms with Crippen molar-refractivity contribution < 1.29 is 23.8 Å². The zero-order chi connectivity index (χ0) is 24.8. The Hall–Kier alpha value is -3.23. The third-order valence-corrected chi connectivity index (χ3v) is 6.68. The number of carbonyl (C=O) groups excluding carboxylic acids is 2. The standard InChI is InChI=1S/C27H24BrNO5S/c1-18-3-10-22(11-4-18)33-13-14-34-23-12-7-20(15-24(23)32-2)16-25-26(30)29(27(31)35-25)17-19-5-8-21(28)9-6-19/h3-12,15-16H,13-14,17H2,1-2H3/b25-16-. The van der Waals surface area contributed by atoms with Gasteiger partial charge in [-0.3, -0.25) is 14.5 Å². The molecule has 2 amide bonds. The van der Waals surface area contributed by atoms with Crippen LogP contribution in [0.15, 0.2) is 76.1 Å². The highest BCUT2D eigenvalue weighted by Gasteiger charge is 2.35. The molecule has 6 nitrogen and oxygen atoms in total. The highest BCUT2D eigenvalue weighted by Crippen LogP contribution is 2.35. The molecule has 1 aliphatic heterocycles.